The van der Waals surface area contributed by atoms with Crippen LogP contribution in [0.4, 0.5) is 0 Å². The van der Waals surface area contributed by atoms with Crippen LogP contribution >= 0.6 is 0 Å². The summed E-state index contributed by atoms with van der Waals surface area (Å²) in [7, 11) is 3.04. The maximum Gasteiger partial charge on any atom is 0.332 e. The second-order valence-electron chi connectivity index (χ2n) is 6.98. The van der Waals surface area contributed by atoms with Crippen molar-refractivity contribution in [2.45, 2.75) is 45.4 Å². The maximum absolute atomic E-state index is 12.4. The summed E-state index contributed by atoms with van der Waals surface area (Å²) >= 11 is 0. The second kappa shape index (κ2) is 7.06. The Morgan fingerprint density at radius 3 is 2.50 bits per heavy atom. The van der Waals surface area contributed by atoms with Crippen LogP contribution in [0.3, 0.4) is 0 Å². The number of ether oxygens (including phenoxy) is 1. The smallest absolute Gasteiger partial charge is 0.332 e. The summed E-state index contributed by atoms with van der Waals surface area (Å²) in [5.74, 6) is 0.0942. The molecule has 0 aliphatic carbocycles. The fourth-order valence-electron chi connectivity index (χ4n) is 3.51. The lowest BCUT2D eigenvalue weighted by atomic mass is 10.2. The predicted molar refractivity (Wildman–Crippen MR) is 96.0 cm³/mol. The molecule has 3 heterocycles. The van der Waals surface area contributed by atoms with Gasteiger partial charge < -0.3 is 14.2 Å². The monoisotopic (exact) mass is 363 g/mol. The normalized spacial score (nSPS) is 20.7. The van der Waals surface area contributed by atoms with Crippen molar-refractivity contribution in [2.75, 3.05) is 13.1 Å². The van der Waals surface area contributed by atoms with E-state index in [1.165, 1.54) is 11.6 Å². The van der Waals surface area contributed by atoms with Gasteiger partial charge in [0.25, 0.3) is 5.56 Å². The first kappa shape index (κ1) is 18.4. The molecule has 1 aliphatic heterocycles. The minimum Gasteiger partial charge on any atom is -0.372 e. The minimum atomic E-state index is -0.404. The predicted octanol–water partition coefficient (Wildman–Crippen LogP) is -0.150. The van der Waals surface area contributed by atoms with E-state index >= 15 is 0 Å². The molecule has 9 heteroatoms. The van der Waals surface area contributed by atoms with Gasteiger partial charge in [-0.15, -0.1) is 0 Å². The maximum atomic E-state index is 12.4. The van der Waals surface area contributed by atoms with Crippen LogP contribution in [0.2, 0.25) is 0 Å². The molecule has 2 atom stereocenters. The first-order valence-corrected chi connectivity index (χ1v) is 8.83. The average Bonchev–Trinajstić information content (AvgIpc) is 3.01. The Labute approximate surface area is 150 Å². The lowest BCUT2D eigenvalue weighted by molar-refractivity contribution is -0.143. The summed E-state index contributed by atoms with van der Waals surface area (Å²) in [6, 6.07) is 0. The summed E-state index contributed by atoms with van der Waals surface area (Å²) in [5, 5.41) is 0. The molecule has 0 saturated carbocycles. The van der Waals surface area contributed by atoms with Gasteiger partial charge in [-0.25, -0.2) is 9.78 Å². The fraction of sp³-hybridized carbons (Fsp3) is 0.647. The Balaban J connectivity index is 1.70. The van der Waals surface area contributed by atoms with Crippen molar-refractivity contribution >= 4 is 17.1 Å². The summed E-state index contributed by atoms with van der Waals surface area (Å²) in [5.41, 5.74) is -0.0304. The molecule has 2 unspecified atom stereocenters. The average molecular weight is 363 g/mol. The van der Waals surface area contributed by atoms with Gasteiger partial charge in [0.1, 0.15) is 0 Å². The lowest BCUT2D eigenvalue weighted by Crippen LogP contribution is -2.48. The highest BCUT2D eigenvalue weighted by Gasteiger charge is 2.25. The van der Waals surface area contributed by atoms with E-state index < -0.39 is 5.69 Å². The number of hydrogen-bond donors (Lipinski definition) is 0. The highest BCUT2D eigenvalue weighted by atomic mass is 16.5. The third-order valence-corrected chi connectivity index (χ3v) is 4.78. The van der Waals surface area contributed by atoms with Crippen molar-refractivity contribution in [3.05, 3.63) is 27.2 Å². The van der Waals surface area contributed by atoms with Crippen LogP contribution in [0.25, 0.3) is 11.2 Å². The van der Waals surface area contributed by atoms with Gasteiger partial charge in [0.2, 0.25) is 5.91 Å². The molecule has 9 nitrogen and oxygen atoms in total. The Bertz CT molecular complexity index is 931. The van der Waals surface area contributed by atoms with Crippen molar-refractivity contribution in [3.63, 3.8) is 0 Å². The summed E-state index contributed by atoms with van der Waals surface area (Å²) < 4.78 is 9.80. The second-order valence-corrected chi connectivity index (χ2v) is 6.98. The van der Waals surface area contributed by atoms with E-state index in [0.29, 0.717) is 43.6 Å². The van der Waals surface area contributed by atoms with Gasteiger partial charge in [0.15, 0.2) is 11.2 Å². The molecule has 1 saturated heterocycles. The molecular formula is C17H25N5O4. The number of hydrogen-bond acceptors (Lipinski definition) is 5. The van der Waals surface area contributed by atoms with Gasteiger partial charge in [-0.2, -0.15) is 0 Å². The summed E-state index contributed by atoms with van der Waals surface area (Å²) in [6.07, 6.45) is 2.63. The topological polar surface area (TPSA) is 91.4 Å². The molecule has 142 valence electrons. The van der Waals surface area contributed by atoms with Crippen molar-refractivity contribution in [1.29, 1.82) is 0 Å². The molecule has 0 radical (unpaired) electrons. The fourth-order valence-corrected chi connectivity index (χ4v) is 3.51. The first-order valence-electron chi connectivity index (χ1n) is 8.83. The lowest BCUT2D eigenvalue weighted by Gasteiger charge is -2.35. The zero-order chi connectivity index (χ0) is 19.0. The van der Waals surface area contributed by atoms with Gasteiger partial charge in [0, 0.05) is 40.2 Å². The minimum absolute atomic E-state index is 0.0459. The Morgan fingerprint density at radius 2 is 1.85 bits per heavy atom. The molecule has 1 amide bonds. The largest absolute Gasteiger partial charge is 0.372 e. The number of amides is 1. The number of rotatable bonds is 4. The highest BCUT2D eigenvalue weighted by molar-refractivity contribution is 5.76. The number of aryl methyl sites for hydroxylation is 2. The van der Waals surface area contributed by atoms with E-state index in [0.717, 1.165) is 4.57 Å². The Hall–Kier alpha value is -2.42. The molecule has 3 rings (SSSR count). The third kappa shape index (κ3) is 3.31. The van der Waals surface area contributed by atoms with Gasteiger partial charge >= 0.3 is 5.69 Å². The molecule has 2 aromatic rings. The van der Waals surface area contributed by atoms with Crippen LogP contribution in [-0.2, 0) is 30.2 Å². The Morgan fingerprint density at radius 1 is 1.19 bits per heavy atom. The molecule has 0 bridgehead atoms. The van der Waals surface area contributed by atoms with Crippen molar-refractivity contribution < 1.29 is 9.53 Å². The van der Waals surface area contributed by atoms with E-state index in [4.69, 9.17) is 4.74 Å². The number of nitrogens with zero attached hydrogens (tertiary/aromatic N) is 5. The number of morpholine rings is 1. The number of carbonyl (C=O) groups is 1. The van der Waals surface area contributed by atoms with Gasteiger partial charge in [-0.1, -0.05) is 0 Å². The van der Waals surface area contributed by atoms with E-state index in [1.807, 2.05) is 18.7 Å². The van der Waals surface area contributed by atoms with Crippen molar-refractivity contribution in [3.8, 4) is 0 Å². The molecule has 0 aromatic carbocycles. The van der Waals surface area contributed by atoms with Crippen LogP contribution in [0, 0.1) is 0 Å². The first-order chi connectivity index (χ1) is 12.3. The summed E-state index contributed by atoms with van der Waals surface area (Å²) in [4.78, 5) is 42.8. The van der Waals surface area contributed by atoms with E-state index in [1.54, 1.807) is 17.9 Å². The number of fused-ring (bicyclic) bond motifs is 1. The van der Waals surface area contributed by atoms with Crippen LogP contribution < -0.4 is 11.2 Å². The highest BCUT2D eigenvalue weighted by Crippen LogP contribution is 2.13. The quantitative estimate of drug-likeness (QED) is 0.753. The zero-order valence-electron chi connectivity index (χ0n) is 15.6. The molecule has 0 N–H and O–H groups in total. The van der Waals surface area contributed by atoms with E-state index in [9.17, 15) is 14.4 Å². The number of aromatic nitrogens is 4. The van der Waals surface area contributed by atoms with Crippen LogP contribution in [0.5, 0.6) is 0 Å². The number of carbonyl (C=O) groups excluding carboxylic acids is 1. The van der Waals surface area contributed by atoms with E-state index in [-0.39, 0.29) is 23.7 Å². The summed E-state index contributed by atoms with van der Waals surface area (Å²) in [6.45, 7) is 5.64. The molecule has 2 aromatic heterocycles. The standard InChI is InChI=1S/C17H25N5O4/c1-11-8-22(9-12(2)26-11)13(23)6-5-7-21-10-18-15-14(21)16(24)20(4)17(25)19(15)3/h10-12H,5-9H2,1-4H3. The SMILES string of the molecule is CC1CN(C(=O)CCCn2cnc3c2c(=O)n(C)c(=O)n3C)CC(C)O1. The van der Waals surface area contributed by atoms with Gasteiger partial charge in [0.05, 0.1) is 18.5 Å². The van der Waals surface area contributed by atoms with Gasteiger partial charge in [-0.05, 0) is 20.3 Å². The Kier molecular flexibility index (Phi) is 4.99. The van der Waals surface area contributed by atoms with Crippen LogP contribution in [-0.4, -0.2) is 54.8 Å². The van der Waals surface area contributed by atoms with Crippen molar-refractivity contribution in [1.82, 2.24) is 23.6 Å². The van der Waals surface area contributed by atoms with Crippen molar-refractivity contribution in [2.24, 2.45) is 14.1 Å². The molecule has 1 aliphatic rings. The van der Waals surface area contributed by atoms with Crippen LogP contribution in [0.1, 0.15) is 26.7 Å². The third-order valence-electron chi connectivity index (χ3n) is 4.78. The molecule has 0 spiro atoms. The van der Waals surface area contributed by atoms with Gasteiger partial charge in [-0.3, -0.25) is 18.7 Å². The molecular weight excluding hydrogens is 338 g/mol. The van der Waals surface area contributed by atoms with E-state index in [2.05, 4.69) is 4.98 Å². The molecule has 1 fully saturated rings. The molecule has 26 heavy (non-hydrogen) atoms. The van der Waals surface area contributed by atoms with Crippen LogP contribution in [0.15, 0.2) is 15.9 Å². The zero-order valence-corrected chi connectivity index (χ0v) is 15.6. The number of imidazole rings is 1.